The number of nitrogens with zero attached hydrogens (tertiary/aromatic N) is 3. The third kappa shape index (κ3) is 1.32. The lowest BCUT2D eigenvalue weighted by Gasteiger charge is -1.93. The predicted octanol–water partition coefficient (Wildman–Crippen LogP) is 0.990. The van der Waals surface area contributed by atoms with Crippen molar-refractivity contribution in [2.75, 3.05) is 0 Å². The molecular weight excluding hydrogens is 182 g/mol. The van der Waals surface area contributed by atoms with Gasteiger partial charge >= 0.3 is 5.97 Å². The topological polar surface area (TPSA) is 67.5 Å². The fourth-order valence-corrected chi connectivity index (χ4v) is 1.21. The molecule has 0 fully saturated rings. The summed E-state index contributed by atoms with van der Waals surface area (Å²) in [5.41, 5.74) is 0.800. The van der Waals surface area contributed by atoms with E-state index in [0.29, 0.717) is 11.5 Å². The molecule has 0 aliphatic rings. The van der Waals surface area contributed by atoms with Gasteiger partial charge in [-0.15, -0.1) is 0 Å². The summed E-state index contributed by atoms with van der Waals surface area (Å²) >= 11 is 0. The SMILES string of the molecule is CCc1nc2cc(C(=O)O)ccn2n1. The number of pyridine rings is 1. The number of carbonyl (C=O) groups is 1. The van der Waals surface area contributed by atoms with Gasteiger partial charge in [0.25, 0.3) is 0 Å². The fraction of sp³-hybridized carbons (Fsp3) is 0.222. The summed E-state index contributed by atoms with van der Waals surface area (Å²) in [5, 5.41) is 12.9. The molecule has 0 atom stereocenters. The summed E-state index contributed by atoms with van der Waals surface area (Å²) in [6.45, 7) is 1.95. The molecule has 0 amide bonds. The quantitative estimate of drug-likeness (QED) is 0.768. The molecule has 0 radical (unpaired) electrons. The molecule has 72 valence electrons. The fourth-order valence-electron chi connectivity index (χ4n) is 1.21. The van der Waals surface area contributed by atoms with Crippen molar-refractivity contribution in [1.82, 2.24) is 14.6 Å². The number of aromatic nitrogens is 3. The van der Waals surface area contributed by atoms with Gasteiger partial charge in [0.1, 0.15) is 0 Å². The van der Waals surface area contributed by atoms with Crippen LogP contribution in [0.4, 0.5) is 0 Å². The van der Waals surface area contributed by atoms with E-state index in [-0.39, 0.29) is 5.56 Å². The van der Waals surface area contributed by atoms with Crippen LogP contribution in [0.15, 0.2) is 18.3 Å². The Morgan fingerprint density at radius 3 is 3.07 bits per heavy atom. The van der Waals surface area contributed by atoms with E-state index in [1.807, 2.05) is 6.92 Å². The van der Waals surface area contributed by atoms with Crippen molar-refractivity contribution in [3.63, 3.8) is 0 Å². The van der Waals surface area contributed by atoms with Gasteiger partial charge in [-0.2, -0.15) is 5.10 Å². The van der Waals surface area contributed by atoms with Gasteiger partial charge in [0.2, 0.25) is 0 Å². The second kappa shape index (κ2) is 3.10. The Labute approximate surface area is 80.0 Å². The van der Waals surface area contributed by atoms with Crippen molar-refractivity contribution in [3.8, 4) is 0 Å². The number of fused-ring (bicyclic) bond motifs is 1. The molecule has 5 nitrogen and oxygen atoms in total. The molecule has 5 heteroatoms. The van der Waals surface area contributed by atoms with Crippen LogP contribution in [-0.4, -0.2) is 25.7 Å². The van der Waals surface area contributed by atoms with Crippen LogP contribution in [0.25, 0.3) is 5.65 Å². The van der Waals surface area contributed by atoms with E-state index < -0.39 is 5.97 Å². The highest BCUT2D eigenvalue weighted by molar-refractivity contribution is 5.88. The maximum atomic E-state index is 10.7. The van der Waals surface area contributed by atoms with Crippen LogP contribution in [-0.2, 0) is 6.42 Å². The van der Waals surface area contributed by atoms with E-state index in [9.17, 15) is 4.79 Å². The lowest BCUT2D eigenvalue weighted by Crippen LogP contribution is -1.97. The Hall–Kier alpha value is -1.91. The molecule has 0 aromatic carbocycles. The van der Waals surface area contributed by atoms with Crippen LogP contribution in [0.5, 0.6) is 0 Å². The number of aromatic carboxylic acids is 1. The van der Waals surface area contributed by atoms with Gasteiger partial charge in [0.15, 0.2) is 11.5 Å². The van der Waals surface area contributed by atoms with Gasteiger partial charge in [0.05, 0.1) is 5.56 Å². The van der Waals surface area contributed by atoms with Crippen LogP contribution in [0, 0.1) is 0 Å². The van der Waals surface area contributed by atoms with Crippen molar-refractivity contribution in [1.29, 1.82) is 0 Å². The van der Waals surface area contributed by atoms with Crippen molar-refractivity contribution in [2.45, 2.75) is 13.3 Å². The standard InChI is InChI=1S/C9H9N3O2/c1-2-7-10-8-5-6(9(13)14)3-4-12(8)11-7/h3-5H,2H2,1H3,(H,13,14). The number of hydrogen-bond donors (Lipinski definition) is 1. The molecule has 2 aromatic heterocycles. The molecule has 0 aliphatic carbocycles. The molecule has 0 saturated heterocycles. The van der Waals surface area contributed by atoms with Gasteiger partial charge in [-0.25, -0.2) is 14.3 Å². The van der Waals surface area contributed by atoms with Gasteiger partial charge in [-0.05, 0) is 12.1 Å². The molecule has 1 N–H and O–H groups in total. The first-order chi connectivity index (χ1) is 6.70. The van der Waals surface area contributed by atoms with Crippen LogP contribution in [0.1, 0.15) is 23.1 Å². The Morgan fingerprint density at radius 1 is 1.64 bits per heavy atom. The normalized spacial score (nSPS) is 10.6. The third-order valence-electron chi connectivity index (χ3n) is 1.94. The average molecular weight is 191 g/mol. The van der Waals surface area contributed by atoms with Crippen LogP contribution >= 0.6 is 0 Å². The minimum atomic E-state index is -0.950. The van der Waals surface area contributed by atoms with Crippen molar-refractivity contribution < 1.29 is 9.90 Å². The van der Waals surface area contributed by atoms with E-state index in [0.717, 1.165) is 6.42 Å². The zero-order valence-corrected chi connectivity index (χ0v) is 7.64. The summed E-state index contributed by atoms with van der Waals surface area (Å²) in [6, 6.07) is 3.01. The predicted molar refractivity (Wildman–Crippen MR) is 49.3 cm³/mol. The zero-order chi connectivity index (χ0) is 10.1. The third-order valence-corrected chi connectivity index (χ3v) is 1.94. The maximum Gasteiger partial charge on any atom is 0.335 e. The highest BCUT2D eigenvalue weighted by atomic mass is 16.4. The second-order valence-corrected chi connectivity index (χ2v) is 2.90. The van der Waals surface area contributed by atoms with Gasteiger partial charge in [-0.1, -0.05) is 6.92 Å². The first kappa shape index (κ1) is 8.68. The smallest absolute Gasteiger partial charge is 0.335 e. The summed E-state index contributed by atoms with van der Waals surface area (Å²) in [4.78, 5) is 14.8. The Bertz CT molecular complexity index is 490. The largest absolute Gasteiger partial charge is 0.478 e. The summed E-state index contributed by atoms with van der Waals surface area (Å²) in [7, 11) is 0. The Morgan fingerprint density at radius 2 is 2.43 bits per heavy atom. The van der Waals surface area contributed by atoms with Crippen LogP contribution in [0.2, 0.25) is 0 Å². The maximum absolute atomic E-state index is 10.7. The molecule has 2 rings (SSSR count). The number of hydrogen-bond acceptors (Lipinski definition) is 3. The summed E-state index contributed by atoms with van der Waals surface area (Å²) < 4.78 is 1.57. The minimum absolute atomic E-state index is 0.229. The van der Waals surface area contributed by atoms with Gasteiger partial charge in [-0.3, -0.25) is 0 Å². The van der Waals surface area contributed by atoms with Crippen LogP contribution in [0.3, 0.4) is 0 Å². The van der Waals surface area contributed by atoms with E-state index in [2.05, 4.69) is 10.1 Å². The van der Waals surface area contributed by atoms with Gasteiger partial charge < -0.3 is 5.11 Å². The lowest BCUT2D eigenvalue weighted by atomic mass is 10.3. The Kier molecular flexibility index (Phi) is 1.92. The molecule has 0 spiro atoms. The monoisotopic (exact) mass is 191 g/mol. The van der Waals surface area contributed by atoms with E-state index in [1.165, 1.54) is 12.1 Å². The highest BCUT2D eigenvalue weighted by Crippen LogP contribution is 2.05. The average Bonchev–Trinajstić information content (AvgIpc) is 2.58. The molecule has 14 heavy (non-hydrogen) atoms. The highest BCUT2D eigenvalue weighted by Gasteiger charge is 2.06. The lowest BCUT2D eigenvalue weighted by molar-refractivity contribution is 0.0697. The molecule has 0 unspecified atom stereocenters. The van der Waals surface area contributed by atoms with Crippen molar-refractivity contribution >= 4 is 11.6 Å². The second-order valence-electron chi connectivity index (χ2n) is 2.90. The molecule has 0 bridgehead atoms. The Balaban J connectivity index is 2.59. The molecule has 0 aliphatic heterocycles. The molecular formula is C9H9N3O2. The number of carboxylic acids is 1. The van der Waals surface area contributed by atoms with Crippen molar-refractivity contribution in [3.05, 3.63) is 29.7 Å². The number of aryl methyl sites for hydroxylation is 1. The van der Waals surface area contributed by atoms with E-state index >= 15 is 0 Å². The van der Waals surface area contributed by atoms with Gasteiger partial charge in [0, 0.05) is 12.6 Å². The minimum Gasteiger partial charge on any atom is -0.478 e. The molecule has 2 heterocycles. The zero-order valence-electron chi connectivity index (χ0n) is 7.64. The van der Waals surface area contributed by atoms with Crippen LogP contribution < -0.4 is 0 Å². The number of rotatable bonds is 2. The summed E-state index contributed by atoms with van der Waals surface area (Å²) in [6.07, 6.45) is 2.34. The van der Waals surface area contributed by atoms with E-state index in [4.69, 9.17) is 5.11 Å². The first-order valence-electron chi connectivity index (χ1n) is 4.29. The van der Waals surface area contributed by atoms with Crippen molar-refractivity contribution in [2.24, 2.45) is 0 Å². The molecule has 0 saturated carbocycles. The summed E-state index contributed by atoms with van der Waals surface area (Å²) in [5.74, 6) is -0.235. The van der Waals surface area contributed by atoms with E-state index in [1.54, 1.807) is 10.7 Å². The molecule has 2 aromatic rings. The number of carboxylic acid groups (broad SMARTS) is 1. The first-order valence-corrected chi connectivity index (χ1v) is 4.29.